The Bertz CT molecular complexity index is 1460. The summed E-state index contributed by atoms with van der Waals surface area (Å²) in [7, 11) is 0. The van der Waals surface area contributed by atoms with Gasteiger partial charge in [0.1, 0.15) is 11.6 Å². The fourth-order valence-corrected chi connectivity index (χ4v) is 4.37. The minimum absolute atomic E-state index is 0.111. The number of halogens is 2. The lowest BCUT2D eigenvalue weighted by Gasteiger charge is -2.12. The topological polar surface area (TPSA) is 46.9 Å². The normalized spacial score (nSPS) is 11.0. The van der Waals surface area contributed by atoms with Crippen molar-refractivity contribution < 1.29 is 9.18 Å². The van der Waals surface area contributed by atoms with Gasteiger partial charge in [-0.15, -0.1) is 0 Å². The van der Waals surface area contributed by atoms with E-state index in [1.165, 1.54) is 6.07 Å². The molecule has 0 saturated carbocycles. The summed E-state index contributed by atoms with van der Waals surface area (Å²) in [5.41, 5.74) is 5.19. The van der Waals surface area contributed by atoms with Crippen LogP contribution in [-0.4, -0.2) is 15.5 Å². The van der Waals surface area contributed by atoms with Crippen molar-refractivity contribution in [2.75, 3.05) is 0 Å². The van der Waals surface area contributed by atoms with Gasteiger partial charge in [-0.05, 0) is 41.0 Å². The Morgan fingerprint density at radius 3 is 2.34 bits per heavy atom. The number of fused-ring (bicyclic) bond motifs is 1. The van der Waals surface area contributed by atoms with E-state index in [0.717, 1.165) is 27.7 Å². The molecule has 0 radical (unpaired) electrons. The maximum absolute atomic E-state index is 14.5. The van der Waals surface area contributed by atoms with Crippen LogP contribution in [0.2, 0.25) is 5.02 Å². The van der Waals surface area contributed by atoms with Gasteiger partial charge in [0.15, 0.2) is 0 Å². The number of hydrogen-bond acceptors (Lipinski definition) is 2. The first kappa shape index (κ1) is 22.8. The van der Waals surface area contributed by atoms with Crippen LogP contribution in [0.5, 0.6) is 0 Å². The molecule has 6 heteroatoms. The smallest absolute Gasteiger partial charge is 0.224 e. The zero-order chi connectivity index (χ0) is 24.2. The predicted molar refractivity (Wildman–Crippen MR) is 138 cm³/mol. The molecule has 0 bridgehead atoms. The molecule has 0 aliphatic heterocycles. The number of para-hydroxylation sites is 2. The number of aromatic nitrogens is 2. The summed E-state index contributed by atoms with van der Waals surface area (Å²) in [6.07, 6.45) is 0.258. The second kappa shape index (κ2) is 10.1. The van der Waals surface area contributed by atoms with E-state index in [-0.39, 0.29) is 31.2 Å². The first-order valence-electron chi connectivity index (χ1n) is 11.4. The highest BCUT2D eigenvalue weighted by atomic mass is 35.5. The van der Waals surface area contributed by atoms with Crippen LogP contribution in [0, 0.1) is 5.82 Å². The molecule has 1 N–H and O–H groups in total. The van der Waals surface area contributed by atoms with Gasteiger partial charge in [-0.3, -0.25) is 4.79 Å². The minimum atomic E-state index is -0.371. The Morgan fingerprint density at radius 1 is 0.857 bits per heavy atom. The third-order valence-electron chi connectivity index (χ3n) is 5.98. The number of benzene rings is 4. The highest BCUT2D eigenvalue weighted by Gasteiger charge is 2.15. The summed E-state index contributed by atoms with van der Waals surface area (Å²) in [6.45, 7) is 0.444. The van der Waals surface area contributed by atoms with E-state index < -0.39 is 0 Å². The first-order chi connectivity index (χ1) is 17.1. The van der Waals surface area contributed by atoms with Gasteiger partial charge < -0.3 is 9.88 Å². The monoisotopic (exact) mass is 483 g/mol. The van der Waals surface area contributed by atoms with Crippen LogP contribution >= 0.6 is 11.6 Å². The fraction of sp³-hybridized carbons (Fsp3) is 0.103. The van der Waals surface area contributed by atoms with Crippen molar-refractivity contribution in [1.29, 1.82) is 0 Å². The average molecular weight is 484 g/mol. The molecule has 0 unspecified atom stereocenters. The Morgan fingerprint density at radius 2 is 1.57 bits per heavy atom. The molecule has 0 aliphatic rings. The molecule has 4 nitrogen and oxygen atoms in total. The fourth-order valence-electron chi connectivity index (χ4n) is 4.15. The highest BCUT2D eigenvalue weighted by molar-refractivity contribution is 6.31. The molecule has 174 valence electrons. The maximum Gasteiger partial charge on any atom is 0.224 e. The van der Waals surface area contributed by atoms with Gasteiger partial charge in [0.25, 0.3) is 0 Å². The van der Waals surface area contributed by atoms with Crippen molar-refractivity contribution >= 4 is 28.5 Å². The summed E-state index contributed by atoms with van der Waals surface area (Å²) >= 11 is 6.27. The van der Waals surface area contributed by atoms with E-state index in [9.17, 15) is 9.18 Å². The van der Waals surface area contributed by atoms with Gasteiger partial charge in [-0.2, -0.15) is 0 Å². The molecule has 4 aromatic carbocycles. The Hall–Kier alpha value is -3.96. The second-order valence-corrected chi connectivity index (χ2v) is 8.73. The third kappa shape index (κ3) is 5.10. The number of nitrogens with zero attached hydrogens (tertiary/aromatic N) is 2. The summed E-state index contributed by atoms with van der Waals surface area (Å²) < 4.78 is 16.4. The Kier molecular flexibility index (Phi) is 6.59. The van der Waals surface area contributed by atoms with E-state index in [4.69, 9.17) is 11.6 Å². The number of nitrogens with one attached hydrogen (secondary N) is 1. The van der Waals surface area contributed by atoms with E-state index in [2.05, 4.69) is 22.4 Å². The van der Waals surface area contributed by atoms with Gasteiger partial charge >= 0.3 is 0 Å². The van der Waals surface area contributed by atoms with Crippen molar-refractivity contribution in [2.24, 2.45) is 0 Å². The molecule has 1 heterocycles. The lowest BCUT2D eigenvalue weighted by atomic mass is 10.0. The van der Waals surface area contributed by atoms with Crippen molar-refractivity contribution in [2.45, 2.75) is 19.5 Å². The van der Waals surface area contributed by atoms with Gasteiger partial charge in [0.05, 0.1) is 30.5 Å². The van der Waals surface area contributed by atoms with Gasteiger partial charge in [-0.1, -0.05) is 84.4 Å². The van der Waals surface area contributed by atoms with Crippen LogP contribution in [0.4, 0.5) is 4.39 Å². The molecular formula is C29H23ClFN3O. The van der Waals surface area contributed by atoms with Crippen molar-refractivity contribution in [3.8, 4) is 11.1 Å². The molecule has 0 aliphatic carbocycles. The molecule has 0 saturated heterocycles. The van der Waals surface area contributed by atoms with E-state index >= 15 is 0 Å². The van der Waals surface area contributed by atoms with Crippen molar-refractivity contribution in [3.05, 3.63) is 125 Å². The molecule has 35 heavy (non-hydrogen) atoms. The zero-order valence-corrected chi connectivity index (χ0v) is 19.7. The number of carbonyl (C=O) groups is 1. The van der Waals surface area contributed by atoms with Gasteiger partial charge in [0.2, 0.25) is 5.91 Å². The SMILES string of the molecule is O=C(Cc1ccc(-c2ccccc2)cc1)NCc1nc2ccccc2n1Cc1c(F)cccc1Cl. The quantitative estimate of drug-likeness (QED) is 0.291. The van der Waals surface area contributed by atoms with Crippen LogP contribution in [0.1, 0.15) is 17.0 Å². The first-order valence-corrected chi connectivity index (χ1v) is 11.7. The zero-order valence-electron chi connectivity index (χ0n) is 18.9. The third-order valence-corrected chi connectivity index (χ3v) is 6.34. The molecule has 5 rings (SSSR count). The van der Waals surface area contributed by atoms with Crippen molar-refractivity contribution in [1.82, 2.24) is 14.9 Å². The van der Waals surface area contributed by atoms with Crippen LogP contribution in [0.3, 0.4) is 0 Å². The molecule has 0 atom stereocenters. The Balaban J connectivity index is 1.31. The highest BCUT2D eigenvalue weighted by Crippen LogP contribution is 2.24. The molecular weight excluding hydrogens is 461 g/mol. The van der Waals surface area contributed by atoms with Crippen LogP contribution < -0.4 is 5.32 Å². The number of amides is 1. The lowest BCUT2D eigenvalue weighted by molar-refractivity contribution is -0.120. The average Bonchev–Trinajstić information content (AvgIpc) is 3.23. The second-order valence-electron chi connectivity index (χ2n) is 8.32. The molecule has 0 fully saturated rings. The van der Waals surface area contributed by atoms with Crippen molar-refractivity contribution in [3.63, 3.8) is 0 Å². The van der Waals surface area contributed by atoms with Crippen LogP contribution in [0.15, 0.2) is 97.1 Å². The number of rotatable bonds is 7. The van der Waals surface area contributed by atoms with Crippen LogP contribution in [0.25, 0.3) is 22.2 Å². The largest absolute Gasteiger partial charge is 0.349 e. The standard InChI is InChI=1S/C29H23ClFN3O/c30-24-9-6-10-25(31)23(24)19-34-27-12-5-4-11-26(27)33-28(34)18-32-29(35)17-20-13-15-22(16-14-20)21-7-2-1-3-8-21/h1-16H,17-19H2,(H,32,35). The predicted octanol–water partition coefficient (Wildman–Crippen LogP) is 6.40. The van der Waals surface area contributed by atoms with E-state index in [0.29, 0.717) is 16.4 Å². The van der Waals surface area contributed by atoms with Crippen LogP contribution in [-0.2, 0) is 24.3 Å². The summed E-state index contributed by atoms with van der Waals surface area (Å²) in [4.78, 5) is 17.4. The minimum Gasteiger partial charge on any atom is -0.349 e. The van der Waals surface area contributed by atoms with E-state index in [1.807, 2.05) is 71.3 Å². The summed E-state index contributed by atoms with van der Waals surface area (Å²) in [5.74, 6) is 0.155. The summed E-state index contributed by atoms with van der Waals surface area (Å²) in [6, 6.07) is 30.4. The number of carbonyl (C=O) groups excluding carboxylic acids is 1. The number of hydrogen-bond donors (Lipinski definition) is 1. The molecule has 0 spiro atoms. The Labute approximate surface area is 208 Å². The summed E-state index contributed by atoms with van der Waals surface area (Å²) in [5, 5.41) is 3.32. The van der Waals surface area contributed by atoms with Gasteiger partial charge in [0, 0.05) is 10.6 Å². The maximum atomic E-state index is 14.5. The molecule has 5 aromatic rings. The van der Waals surface area contributed by atoms with Gasteiger partial charge in [-0.25, -0.2) is 9.37 Å². The number of imidazole rings is 1. The van der Waals surface area contributed by atoms with E-state index in [1.54, 1.807) is 12.1 Å². The molecule has 1 amide bonds. The molecule has 1 aromatic heterocycles. The lowest BCUT2D eigenvalue weighted by Crippen LogP contribution is -2.26.